The molecule has 0 aliphatic carbocycles. The fraction of sp³-hybridized carbons (Fsp3) is 0.400. The van der Waals surface area contributed by atoms with Crippen LogP contribution in [0.15, 0.2) is 12.1 Å². The number of carboxylic acid groups (broad SMARTS) is 1. The Labute approximate surface area is 138 Å². The minimum Gasteiger partial charge on any atom is -0.493 e. The van der Waals surface area contributed by atoms with Crippen LogP contribution in [0.1, 0.15) is 17.3 Å². The summed E-state index contributed by atoms with van der Waals surface area (Å²) >= 11 is 0. The lowest BCUT2D eigenvalue weighted by atomic mass is 10.1. The second kappa shape index (κ2) is 8.04. The van der Waals surface area contributed by atoms with Gasteiger partial charge in [-0.2, -0.15) is 0 Å². The first-order chi connectivity index (χ1) is 11.2. The van der Waals surface area contributed by atoms with Gasteiger partial charge in [0.1, 0.15) is 6.04 Å². The summed E-state index contributed by atoms with van der Waals surface area (Å²) in [7, 11) is 4.07. The van der Waals surface area contributed by atoms with Crippen molar-refractivity contribution in [2.45, 2.75) is 13.0 Å². The normalized spacial score (nSPS) is 11.3. The summed E-state index contributed by atoms with van der Waals surface area (Å²) in [5, 5.41) is 9.01. The Morgan fingerprint density at radius 1 is 1.21 bits per heavy atom. The maximum Gasteiger partial charge on any atom is 0.326 e. The van der Waals surface area contributed by atoms with Crippen LogP contribution in [-0.2, 0) is 9.59 Å². The van der Waals surface area contributed by atoms with Crippen molar-refractivity contribution in [1.82, 2.24) is 4.90 Å². The van der Waals surface area contributed by atoms with Crippen LogP contribution in [0.3, 0.4) is 0 Å². The molecule has 2 amide bonds. The molecule has 132 valence electrons. The van der Waals surface area contributed by atoms with Gasteiger partial charge in [-0.15, -0.1) is 0 Å². The standard InChI is InChI=1S/C15H20N2O7/c1-8(15(20)21)17(2)14(19)9-5-10(22-3)13(11(6-9)23-4)24-7-12(16)18/h5-6,8H,7H2,1-4H3,(H2,16,18)(H,20,21). The molecule has 1 atom stereocenters. The van der Waals surface area contributed by atoms with Crippen molar-refractivity contribution in [1.29, 1.82) is 0 Å². The van der Waals surface area contributed by atoms with Crippen LogP contribution < -0.4 is 19.9 Å². The van der Waals surface area contributed by atoms with Crippen molar-refractivity contribution in [3.05, 3.63) is 17.7 Å². The summed E-state index contributed by atoms with van der Waals surface area (Å²) < 4.78 is 15.6. The van der Waals surface area contributed by atoms with Gasteiger partial charge < -0.3 is 30.0 Å². The predicted molar refractivity (Wildman–Crippen MR) is 83.4 cm³/mol. The molecule has 9 heteroatoms. The third-order valence-corrected chi connectivity index (χ3v) is 3.33. The number of carbonyl (C=O) groups is 3. The average molecular weight is 340 g/mol. The number of hydrogen-bond donors (Lipinski definition) is 2. The molecule has 0 aromatic heterocycles. The highest BCUT2D eigenvalue weighted by atomic mass is 16.5. The zero-order valence-electron chi connectivity index (χ0n) is 13.9. The molecule has 0 aliphatic heterocycles. The molecule has 1 aromatic rings. The average Bonchev–Trinajstić information content (AvgIpc) is 2.56. The fourth-order valence-corrected chi connectivity index (χ4v) is 1.83. The number of primary amides is 1. The molecule has 0 bridgehead atoms. The summed E-state index contributed by atoms with van der Waals surface area (Å²) in [5.74, 6) is -1.95. The topological polar surface area (TPSA) is 128 Å². The van der Waals surface area contributed by atoms with Gasteiger partial charge in [0, 0.05) is 12.6 Å². The number of ether oxygens (including phenoxy) is 3. The van der Waals surface area contributed by atoms with Crippen molar-refractivity contribution in [3.63, 3.8) is 0 Å². The number of nitrogens with zero attached hydrogens (tertiary/aromatic N) is 1. The smallest absolute Gasteiger partial charge is 0.326 e. The lowest BCUT2D eigenvalue weighted by Gasteiger charge is -2.22. The number of carbonyl (C=O) groups excluding carboxylic acids is 2. The van der Waals surface area contributed by atoms with Crippen molar-refractivity contribution in [2.75, 3.05) is 27.9 Å². The van der Waals surface area contributed by atoms with E-state index in [0.29, 0.717) is 0 Å². The molecule has 0 heterocycles. The number of methoxy groups -OCH3 is 2. The monoisotopic (exact) mass is 340 g/mol. The number of benzene rings is 1. The van der Waals surface area contributed by atoms with E-state index in [9.17, 15) is 14.4 Å². The summed E-state index contributed by atoms with van der Waals surface area (Å²) in [6.07, 6.45) is 0. The van der Waals surface area contributed by atoms with E-state index < -0.39 is 30.4 Å². The lowest BCUT2D eigenvalue weighted by Crippen LogP contribution is -2.40. The SMILES string of the molecule is COc1cc(C(=O)N(C)C(C)C(=O)O)cc(OC)c1OCC(N)=O. The maximum atomic E-state index is 12.4. The molecule has 24 heavy (non-hydrogen) atoms. The van der Waals surface area contributed by atoms with Crippen LogP contribution in [0.4, 0.5) is 0 Å². The second-order valence-electron chi connectivity index (χ2n) is 4.90. The molecule has 1 rings (SSSR count). The van der Waals surface area contributed by atoms with Gasteiger partial charge in [-0.3, -0.25) is 9.59 Å². The van der Waals surface area contributed by atoms with E-state index in [2.05, 4.69) is 0 Å². The summed E-state index contributed by atoms with van der Waals surface area (Å²) in [5.41, 5.74) is 5.19. The van der Waals surface area contributed by atoms with Crippen LogP contribution in [0.25, 0.3) is 0 Å². The molecule has 0 fully saturated rings. The van der Waals surface area contributed by atoms with Gasteiger partial charge >= 0.3 is 5.97 Å². The van der Waals surface area contributed by atoms with Gasteiger partial charge in [0.2, 0.25) is 5.75 Å². The molecule has 1 unspecified atom stereocenters. The zero-order chi connectivity index (χ0) is 18.4. The van der Waals surface area contributed by atoms with Gasteiger partial charge in [0.05, 0.1) is 14.2 Å². The Kier molecular flexibility index (Phi) is 6.39. The van der Waals surface area contributed by atoms with Gasteiger partial charge in [-0.1, -0.05) is 0 Å². The van der Waals surface area contributed by atoms with Crippen molar-refractivity contribution < 1.29 is 33.7 Å². The highest BCUT2D eigenvalue weighted by Gasteiger charge is 2.25. The number of carboxylic acids is 1. The molecule has 0 spiro atoms. The highest BCUT2D eigenvalue weighted by Crippen LogP contribution is 2.38. The minimum absolute atomic E-state index is 0.115. The van der Waals surface area contributed by atoms with Gasteiger partial charge in [-0.25, -0.2) is 4.79 Å². The number of amides is 2. The van der Waals surface area contributed by atoms with E-state index in [-0.39, 0.29) is 22.8 Å². The molecule has 0 saturated carbocycles. The number of nitrogens with two attached hydrogens (primary N) is 1. The Hall–Kier alpha value is -2.97. The highest BCUT2D eigenvalue weighted by molar-refractivity contribution is 5.97. The van der Waals surface area contributed by atoms with Crippen LogP contribution >= 0.6 is 0 Å². The van der Waals surface area contributed by atoms with E-state index in [1.54, 1.807) is 0 Å². The summed E-state index contributed by atoms with van der Waals surface area (Å²) in [4.78, 5) is 35.4. The molecule has 3 N–H and O–H groups in total. The number of aliphatic carboxylic acids is 1. The van der Waals surface area contributed by atoms with Gasteiger partial charge in [0.25, 0.3) is 11.8 Å². The molecular formula is C15H20N2O7. The lowest BCUT2D eigenvalue weighted by molar-refractivity contribution is -0.141. The number of hydrogen-bond acceptors (Lipinski definition) is 6. The third kappa shape index (κ3) is 4.28. The van der Waals surface area contributed by atoms with Crippen LogP contribution in [0, 0.1) is 0 Å². The predicted octanol–water partition coefficient (Wildman–Crippen LogP) is 0.113. The van der Waals surface area contributed by atoms with Crippen molar-refractivity contribution in [2.24, 2.45) is 5.73 Å². The molecule has 0 saturated heterocycles. The Morgan fingerprint density at radius 3 is 2.08 bits per heavy atom. The summed E-state index contributed by atoms with van der Waals surface area (Å²) in [6.45, 7) is 0.995. The van der Waals surface area contributed by atoms with Crippen LogP contribution in [0.2, 0.25) is 0 Å². The zero-order valence-corrected chi connectivity index (χ0v) is 13.9. The van der Waals surface area contributed by atoms with E-state index in [1.807, 2.05) is 0 Å². The van der Waals surface area contributed by atoms with Gasteiger partial charge in [0.15, 0.2) is 18.1 Å². The molecule has 0 radical (unpaired) electrons. The van der Waals surface area contributed by atoms with Crippen LogP contribution in [0.5, 0.6) is 17.2 Å². The Morgan fingerprint density at radius 2 is 1.71 bits per heavy atom. The largest absolute Gasteiger partial charge is 0.493 e. The second-order valence-corrected chi connectivity index (χ2v) is 4.90. The van der Waals surface area contributed by atoms with E-state index >= 15 is 0 Å². The fourth-order valence-electron chi connectivity index (χ4n) is 1.83. The Bertz CT molecular complexity index is 620. The quantitative estimate of drug-likeness (QED) is 0.687. The number of rotatable bonds is 8. The summed E-state index contributed by atoms with van der Waals surface area (Å²) in [6, 6.07) is 1.72. The van der Waals surface area contributed by atoms with E-state index in [4.69, 9.17) is 25.1 Å². The molecule has 1 aromatic carbocycles. The first-order valence-electron chi connectivity index (χ1n) is 6.90. The van der Waals surface area contributed by atoms with Crippen LogP contribution in [-0.4, -0.2) is 61.7 Å². The first kappa shape index (κ1) is 19.1. The van der Waals surface area contributed by atoms with Crippen molar-refractivity contribution in [3.8, 4) is 17.2 Å². The first-order valence-corrected chi connectivity index (χ1v) is 6.90. The number of likely N-dealkylation sites (N-methyl/N-ethyl adjacent to an activating group) is 1. The van der Waals surface area contributed by atoms with Crippen molar-refractivity contribution >= 4 is 17.8 Å². The molecule has 0 aliphatic rings. The van der Waals surface area contributed by atoms with E-state index in [0.717, 1.165) is 4.90 Å². The Balaban J connectivity index is 3.24. The van der Waals surface area contributed by atoms with E-state index in [1.165, 1.54) is 40.3 Å². The minimum atomic E-state index is -1.13. The van der Waals surface area contributed by atoms with Gasteiger partial charge in [-0.05, 0) is 19.1 Å². The third-order valence-electron chi connectivity index (χ3n) is 3.33. The molecular weight excluding hydrogens is 320 g/mol. The molecule has 9 nitrogen and oxygen atoms in total. The maximum absolute atomic E-state index is 12.4.